The molecule has 0 saturated carbocycles. The number of hydrogen-bond acceptors (Lipinski definition) is 3. The minimum Gasteiger partial charge on any atom is -0.381 e. The molecule has 1 aromatic rings. The highest BCUT2D eigenvalue weighted by Crippen LogP contribution is 2.21. The first-order chi connectivity index (χ1) is 9.11. The van der Waals surface area contributed by atoms with Crippen LogP contribution >= 0.6 is 0 Å². The van der Waals surface area contributed by atoms with Crippen molar-refractivity contribution in [2.24, 2.45) is 5.92 Å². The third-order valence-electron chi connectivity index (χ3n) is 3.81. The summed E-state index contributed by atoms with van der Waals surface area (Å²) in [6, 6.07) is 6.40. The van der Waals surface area contributed by atoms with Crippen LogP contribution in [0.2, 0.25) is 0 Å². The molecule has 0 amide bonds. The van der Waals surface area contributed by atoms with Gasteiger partial charge in [-0.05, 0) is 38.9 Å². The predicted molar refractivity (Wildman–Crippen MR) is 79.0 cm³/mol. The molecule has 1 N–H and O–H groups in total. The Morgan fingerprint density at radius 1 is 1.47 bits per heavy atom. The molecule has 0 spiro atoms. The molecule has 4 heteroatoms. The molecule has 0 radical (unpaired) electrons. The Hall–Kier alpha value is -0.710. The van der Waals surface area contributed by atoms with Gasteiger partial charge in [-0.15, -0.1) is 0 Å². The van der Waals surface area contributed by atoms with Crippen molar-refractivity contribution in [3.8, 4) is 0 Å². The van der Waals surface area contributed by atoms with Crippen molar-refractivity contribution in [1.29, 1.82) is 0 Å². The Balaban J connectivity index is 2.06. The highest BCUT2D eigenvalue weighted by atomic mass is 32.2. The molecule has 1 aliphatic heterocycles. The molecule has 2 rings (SSSR count). The van der Waals surface area contributed by atoms with Gasteiger partial charge in [-0.25, -0.2) is 0 Å². The van der Waals surface area contributed by atoms with Crippen molar-refractivity contribution < 1.29 is 8.95 Å². The predicted octanol–water partition coefficient (Wildman–Crippen LogP) is 2.04. The summed E-state index contributed by atoms with van der Waals surface area (Å²) < 4.78 is 18.0. The van der Waals surface area contributed by atoms with E-state index in [1.54, 1.807) is 0 Å². The van der Waals surface area contributed by atoms with E-state index in [-0.39, 0.29) is 6.04 Å². The van der Waals surface area contributed by atoms with Gasteiger partial charge < -0.3 is 10.1 Å². The molecule has 3 nitrogen and oxygen atoms in total. The minimum atomic E-state index is -0.947. The monoisotopic (exact) mass is 281 g/mol. The number of aryl methyl sites for hydroxylation is 2. The average molecular weight is 281 g/mol. The third-order valence-corrected chi connectivity index (χ3v) is 5.42. The minimum absolute atomic E-state index is 0.268. The molecule has 0 aliphatic carbocycles. The average Bonchev–Trinajstić information content (AvgIpc) is 2.89. The molecule has 106 valence electrons. The van der Waals surface area contributed by atoms with E-state index >= 15 is 0 Å². The van der Waals surface area contributed by atoms with Crippen molar-refractivity contribution in [2.75, 3.05) is 26.0 Å². The van der Waals surface area contributed by atoms with Crippen LogP contribution in [0.5, 0.6) is 0 Å². The first-order valence-corrected chi connectivity index (χ1v) is 8.14. The van der Waals surface area contributed by atoms with Gasteiger partial charge in [0.1, 0.15) is 0 Å². The van der Waals surface area contributed by atoms with E-state index in [0.29, 0.717) is 11.7 Å². The molecule has 1 aliphatic rings. The van der Waals surface area contributed by atoms with E-state index < -0.39 is 10.8 Å². The van der Waals surface area contributed by atoms with Gasteiger partial charge in [-0.2, -0.15) is 0 Å². The fraction of sp³-hybridized carbons (Fsp3) is 0.600. The van der Waals surface area contributed by atoms with Crippen LogP contribution < -0.4 is 5.32 Å². The molecule has 3 unspecified atom stereocenters. The maximum Gasteiger partial charge on any atom is 0.0548 e. The fourth-order valence-corrected chi connectivity index (χ4v) is 4.22. The molecule has 3 atom stereocenters. The summed E-state index contributed by atoms with van der Waals surface area (Å²) in [7, 11) is 0.999. The van der Waals surface area contributed by atoms with Crippen LogP contribution in [0, 0.1) is 19.8 Å². The number of rotatable bonds is 5. The smallest absolute Gasteiger partial charge is 0.0548 e. The quantitative estimate of drug-likeness (QED) is 0.897. The van der Waals surface area contributed by atoms with Gasteiger partial charge in [-0.1, -0.05) is 17.7 Å². The van der Waals surface area contributed by atoms with Gasteiger partial charge >= 0.3 is 0 Å². The standard InChI is InChI=1S/C15H23NO2S/c1-11-4-5-15(12(2)8-11)19(17)10-14(16-3)13-6-7-18-9-13/h4-5,8,13-14,16H,6-7,9-10H2,1-3H3. The Morgan fingerprint density at radius 2 is 2.26 bits per heavy atom. The molecule has 19 heavy (non-hydrogen) atoms. The fourth-order valence-electron chi connectivity index (χ4n) is 2.63. The summed E-state index contributed by atoms with van der Waals surface area (Å²) in [5.74, 6) is 1.15. The summed E-state index contributed by atoms with van der Waals surface area (Å²) in [4.78, 5) is 0.963. The molecular weight excluding hydrogens is 258 g/mol. The van der Waals surface area contributed by atoms with Crippen molar-refractivity contribution in [3.63, 3.8) is 0 Å². The second kappa shape index (κ2) is 6.64. The molecule has 1 aromatic carbocycles. The highest BCUT2D eigenvalue weighted by molar-refractivity contribution is 7.85. The molecule has 0 bridgehead atoms. The first kappa shape index (κ1) is 14.7. The molecule has 0 aromatic heterocycles. The van der Waals surface area contributed by atoms with Crippen molar-refractivity contribution >= 4 is 10.8 Å². The van der Waals surface area contributed by atoms with Gasteiger partial charge in [0.15, 0.2) is 0 Å². The maximum atomic E-state index is 12.5. The first-order valence-electron chi connectivity index (χ1n) is 6.82. The second-order valence-corrected chi connectivity index (χ2v) is 6.76. The molecule has 1 fully saturated rings. The zero-order valence-corrected chi connectivity index (χ0v) is 12.8. The lowest BCUT2D eigenvalue weighted by Gasteiger charge is -2.21. The van der Waals surface area contributed by atoms with Crippen LogP contribution in [0.3, 0.4) is 0 Å². The van der Waals surface area contributed by atoms with Crippen molar-refractivity contribution in [1.82, 2.24) is 5.32 Å². The Labute approximate surface area is 118 Å². The van der Waals surface area contributed by atoms with Crippen LogP contribution in [-0.2, 0) is 15.5 Å². The lowest BCUT2D eigenvalue weighted by molar-refractivity contribution is 0.179. The van der Waals surface area contributed by atoms with E-state index in [2.05, 4.69) is 18.3 Å². The third kappa shape index (κ3) is 3.65. The van der Waals surface area contributed by atoms with Gasteiger partial charge in [-0.3, -0.25) is 4.21 Å². The largest absolute Gasteiger partial charge is 0.381 e. The summed E-state index contributed by atoms with van der Waals surface area (Å²) >= 11 is 0. The Kier molecular flexibility index (Phi) is 5.13. The molecule has 1 saturated heterocycles. The van der Waals surface area contributed by atoms with E-state index in [0.717, 1.165) is 30.1 Å². The van der Waals surface area contributed by atoms with Gasteiger partial charge in [0.05, 0.1) is 17.4 Å². The van der Waals surface area contributed by atoms with Crippen molar-refractivity contribution in [2.45, 2.75) is 31.2 Å². The van der Waals surface area contributed by atoms with Crippen molar-refractivity contribution in [3.05, 3.63) is 29.3 Å². The number of nitrogens with one attached hydrogen (secondary N) is 1. The van der Waals surface area contributed by atoms with E-state index in [4.69, 9.17) is 4.74 Å². The topological polar surface area (TPSA) is 38.3 Å². The number of benzene rings is 1. The molecular formula is C15H23NO2S. The normalized spacial score (nSPS) is 22.4. The summed E-state index contributed by atoms with van der Waals surface area (Å²) in [6.07, 6.45) is 1.07. The van der Waals surface area contributed by atoms with E-state index in [1.807, 2.05) is 26.1 Å². The van der Waals surface area contributed by atoms with Crippen LogP contribution in [0.15, 0.2) is 23.1 Å². The Morgan fingerprint density at radius 3 is 2.84 bits per heavy atom. The zero-order chi connectivity index (χ0) is 13.8. The van der Waals surface area contributed by atoms with E-state index in [9.17, 15) is 4.21 Å². The van der Waals surface area contributed by atoms with Gasteiger partial charge in [0.25, 0.3) is 0 Å². The lowest BCUT2D eigenvalue weighted by atomic mass is 10.0. The Bertz CT molecular complexity index is 455. The lowest BCUT2D eigenvalue weighted by Crippen LogP contribution is -2.38. The highest BCUT2D eigenvalue weighted by Gasteiger charge is 2.26. The van der Waals surface area contributed by atoms with Crippen LogP contribution in [0.1, 0.15) is 17.5 Å². The summed E-state index contributed by atoms with van der Waals surface area (Å²) in [5.41, 5.74) is 2.34. The number of ether oxygens (including phenoxy) is 1. The van der Waals surface area contributed by atoms with Gasteiger partial charge in [0, 0.05) is 29.2 Å². The van der Waals surface area contributed by atoms with E-state index in [1.165, 1.54) is 5.56 Å². The van der Waals surface area contributed by atoms with Crippen LogP contribution in [0.4, 0.5) is 0 Å². The van der Waals surface area contributed by atoms with Crippen LogP contribution in [-0.4, -0.2) is 36.3 Å². The van der Waals surface area contributed by atoms with Gasteiger partial charge in [0.2, 0.25) is 0 Å². The maximum absolute atomic E-state index is 12.5. The SMILES string of the molecule is CNC(CS(=O)c1ccc(C)cc1C)C1CCOC1. The zero-order valence-electron chi connectivity index (χ0n) is 11.9. The summed E-state index contributed by atoms with van der Waals surface area (Å²) in [6.45, 7) is 5.72. The summed E-state index contributed by atoms with van der Waals surface area (Å²) in [5, 5.41) is 3.30. The van der Waals surface area contributed by atoms with Crippen LogP contribution in [0.25, 0.3) is 0 Å². The molecule has 1 heterocycles. The number of hydrogen-bond donors (Lipinski definition) is 1. The second-order valence-electron chi connectivity index (χ2n) is 5.30.